The summed E-state index contributed by atoms with van der Waals surface area (Å²) in [4.78, 5) is 0. The van der Waals surface area contributed by atoms with Crippen molar-refractivity contribution in [1.29, 1.82) is 0 Å². The lowest BCUT2D eigenvalue weighted by Crippen LogP contribution is -2.70. The van der Waals surface area contributed by atoms with Crippen LogP contribution in [0.25, 0.3) is 0 Å². The third-order valence-corrected chi connectivity index (χ3v) is 11.3. The molecule has 1 fully saturated rings. The molecule has 3 nitrogen and oxygen atoms in total. The summed E-state index contributed by atoms with van der Waals surface area (Å²) in [5, 5.41) is 3.35. The molecule has 3 aromatic carbocycles. The third-order valence-electron chi connectivity index (χ3n) is 3.87. The highest BCUT2D eigenvalue weighted by atomic mass is 28.5. The van der Waals surface area contributed by atoms with Gasteiger partial charge in [0, 0.05) is 0 Å². The second kappa shape index (κ2) is 6.98. The van der Waals surface area contributed by atoms with Gasteiger partial charge >= 0.3 is 27.9 Å². The van der Waals surface area contributed by atoms with Crippen LogP contribution in [0.1, 0.15) is 0 Å². The highest BCUT2D eigenvalue weighted by Crippen LogP contribution is 2.15. The molecular formula is C18H15O3Si3. The lowest BCUT2D eigenvalue weighted by molar-refractivity contribution is 0.306. The van der Waals surface area contributed by atoms with Gasteiger partial charge in [0.25, 0.3) is 0 Å². The van der Waals surface area contributed by atoms with Crippen molar-refractivity contribution in [1.82, 2.24) is 0 Å². The van der Waals surface area contributed by atoms with Gasteiger partial charge in [-0.15, -0.1) is 0 Å². The Bertz CT molecular complexity index is 745. The maximum Gasteiger partial charge on any atom is 0.413 e. The van der Waals surface area contributed by atoms with Crippen molar-refractivity contribution in [2.24, 2.45) is 0 Å². The van der Waals surface area contributed by atoms with Gasteiger partial charge in [0.15, 0.2) is 0 Å². The van der Waals surface area contributed by atoms with Crippen molar-refractivity contribution in [3.8, 4) is 0 Å². The van der Waals surface area contributed by atoms with E-state index in [1.54, 1.807) is 0 Å². The fourth-order valence-corrected chi connectivity index (χ4v) is 11.0. The van der Waals surface area contributed by atoms with Crippen LogP contribution in [0.15, 0.2) is 91.0 Å². The van der Waals surface area contributed by atoms with E-state index in [1.165, 1.54) is 0 Å². The van der Waals surface area contributed by atoms with Crippen LogP contribution in [0.5, 0.6) is 0 Å². The van der Waals surface area contributed by atoms with E-state index in [1.807, 2.05) is 54.6 Å². The second-order valence-corrected chi connectivity index (χ2v) is 11.5. The fourth-order valence-electron chi connectivity index (χ4n) is 2.70. The average molecular weight is 364 g/mol. The Balaban J connectivity index is 1.79. The van der Waals surface area contributed by atoms with Gasteiger partial charge in [-0.25, -0.2) is 0 Å². The molecule has 0 N–H and O–H groups in total. The molecule has 0 atom stereocenters. The van der Waals surface area contributed by atoms with Crippen molar-refractivity contribution in [2.45, 2.75) is 0 Å². The lowest BCUT2D eigenvalue weighted by atomic mass is 10.4. The largest absolute Gasteiger partial charge is 0.413 e. The first-order chi connectivity index (χ1) is 11.9. The molecule has 0 saturated carbocycles. The summed E-state index contributed by atoms with van der Waals surface area (Å²) < 4.78 is 18.8. The molecule has 1 aliphatic rings. The Morgan fingerprint density at radius 2 is 1.17 bits per heavy atom. The summed E-state index contributed by atoms with van der Waals surface area (Å²) in [6.45, 7) is 0. The Hall–Kier alpha value is -1.81. The van der Waals surface area contributed by atoms with Crippen molar-refractivity contribution in [2.75, 3.05) is 0 Å². The Morgan fingerprint density at radius 1 is 0.667 bits per heavy atom. The topological polar surface area (TPSA) is 27.7 Å². The maximum absolute atomic E-state index is 6.64. The number of hydrogen-bond acceptors (Lipinski definition) is 3. The molecule has 1 aliphatic heterocycles. The lowest BCUT2D eigenvalue weighted by Gasteiger charge is -2.37. The van der Waals surface area contributed by atoms with Gasteiger partial charge in [0.2, 0.25) is 0 Å². The number of hydrogen-bond donors (Lipinski definition) is 0. The minimum absolute atomic E-state index is 0.00803. The molecular weight excluding hydrogens is 348 g/mol. The summed E-state index contributed by atoms with van der Waals surface area (Å²) in [6.07, 6.45) is 0. The van der Waals surface area contributed by atoms with E-state index in [0.29, 0.717) is 0 Å². The predicted molar refractivity (Wildman–Crippen MR) is 98.7 cm³/mol. The second-order valence-electron chi connectivity index (χ2n) is 5.39. The molecule has 0 amide bonds. The van der Waals surface area contributed by atoms with E-state index in [2.05, 4.69) is 36.4 Å². The predicted octanol–water partition coefficient (Wildman–Crippen LogP) is 1.24. The molecule has 0 unspecified atom stereocenters. The first kappa shape index (κ1) is 15.7. The average Bonchev–Trinajstić information content (AvgIpc) is 2.70. The third kappa shape index (κ3) is 2.95. The summed E-state index contributed by atoms with van der Waals surface area (Å²) in [7, 11) is -4.33. The molecule has 3 radical (unpaired) electrons. The Labute approximate surface area is 147 Å². The minimum atomic E-state index is -2.75. The summed E-state index contributed by atoms with van der Waals surface area (Å²) in [5.74, 6) is 0. The van der Waals surface area contributed by atoms with Gasteiger partial charge < -0.3 is 12.3 Å². The van der Waals surface area contributed by atoms with E-state index in [-0.39, 0.29) is 10.0 Å². The molecule has 0 spiro atoms. The standard InChI is InChI=1S/C18H15O3Si3/c1-4-10-16(11-5-1)23-19-22-20-24(21-23,17-12-6-2-7-13-17)18-14-8-3-9-15-18/h1-15H. The molecule has 4 rings (SSSR count). The molecule has 1 saturated heterocycles. The van der Waals surface area contributed by atoms with E-state index < -0.39 is 17.8 Å². The highest BCUT2D eigenvalue weighted by molar-refractivity contribution is 7.00. The summed E-state index contributed by atoms with van der Waals surface area (Å²) in [6, 6.07) is 30.7. The molecule has 3 aromatic rings. The normalized spacial score (nSPS) is 17.5. The first-order valence-electron chi connectivity index (χ1n) is 7.71. The van der Waals surface area contributed by atoms with Crippen LogP contribution >= 0.6 is 0 Å². The first-order valence-corrected chi connectivity index (χ1v) is 11.7. The van der Waals surface area contributed by atoms with Gasteiger partial charge in [-0.1, -0.05) is 91.0 Å². The van der Waals surface area contributed by atoms with Crippen LogP contribution < -0.4 is 15.6 Å². The van der Waals surface area contributed by atoms with Crippen LogP contribution in [0.4, 0.5) is 0 Å². The van der Waals surface area contributed by atoms with Gasteiger partial charge in [0.05, 0.1) is 0 Å². The molecule has 117 valence electrons. The summed E-state index contributed by atoms with van der Waals surface area (Å²) in [5.41, 5.74) is 0. The van der Waals surface area contributed by atoms with Crippen LogP contribution in [0, 0.1) is 0 Å². The number of benzene rings is 3. The van der Waals surface area contributed by atoms with Crippen LogP contribution in [-0.2, 0) is 12.3 Å². The quantitative estimate of drug-likeness (QED) is 0.655. The van der Waals surface area contributed by atoms with E-state index >= 15 is 0 Å². The molecule has 0 aliphatic carbocycles. The maximum atomic E-state index is 6.64. The van der Waals surface area contributed by atoms with Crippen LogP contribution in [0.2, 0.25) is 0 Å². The van der Waals surface area contributed by atoms with Gasteiger partial charge in [-0.2, -0.15) is 0 Å². The monoisotopic (exact) mass is 363 g/mol. The molecule has 6 heteroatoms. The van der Waals surface area contributed by atoms with Crippen molar-refractivity contribution in [3.63, 3.8) is 0 Å². The van der Waals surface area contributed by atoms with E-state index in [4.69, 9.17) is 12.3 Å². The molecule has 0 aromatic heterocycles. The van der Waals surface area contributed by atoms with Gasteiger partial charge in [-0.05, 0) is 15.6 Å². The Kier molecular flexibility index (Phi) is 4.56. The zero-order valence-corrected chi connectivity index (χ0v) is 15.9. The van der Waals surface area contributed by atoms with E-state index in [0.717, 1.165) is 15.6 Å². The molecule has 0 bridgehead atoms. The zero-order chi connectivity index (χ0) is 16.2. The highest BCUT2D eigenvalue weighted by Gasteiger charge is 2.49. The van der Waals surface area contributed by atoms with Gasteiger partial charge in [-0.3, -0.25) is 0 Å². The van der Waals surface area contributed by atoms with E-state index in [9.17, 15) is 0 Å². The Morgan fingerprint density at radius 3 is 1.71 bits per heavy atom. The van der Waals surface area contributed by atoms with Crippen molar-refractivity contribution < 1.29 is 12.3 Å². The molecule has 1 heterocycles. The number of rotatable bonds is 3. The SMILES string of the molecule is c1ccc([Si]2O[Si]O[Si](c3ccccc3)(c3ccccc3)O2)cc1. The smallest absolute Gasteiger partial charge is 0.409 e. The van der Waals surface area contributed by atoms with Crippen molar-refractivity contribution in [3.05, 3.63) is 91.0 Å². The fraction of sp³-hybridized carbons (Fsp3) is 0. The molecule has 24 heavy (non-hydrogen) atoms. The van der Waals surface area contributed by atoms with Crippen LogP contribution in [0.3, 0.4) is 0 Å². The van der Waals surface area contributed by atoms with Crippen molar-refractivity contribution >= 4 is 43.4 Å². The van der Waals surface area contributed by atoms with Gasteiger partial charge in [0.1, 0.15) is 0 Å². The van der Waals surface area contributed by atoms with Crippen LogP contribution in [-0.4, -0.2) is 27.9 Å². The minimum Gasteiger partial charge on any atom is -0.409 e. The zero-order valence-electron chi connectivity index (χ0n) is 12.9. The summed E-state index contributed by atoms with van der Waals surface area (Å²) >= 11 is 0.